The van der Waals surface area contributed by atoms with Crippen LogP contribution in [0.2, 0.25) is 0 Å². The second-order valence-electron chi connectivity index (χ2n) is 7.34. The van der Waals surface area contributed by atoms with Crippen molar-refractivity contribution in [1.82, 2.24) is 20.1 Å². The van der Waals surface area contributed by atoms with Gasteiger partial charge in [0.2, 0.25) is 0 Å². The number of rotatable bonds is 4. The van der Waals surface area contributed by atoms with Crippen molar-refractivity contribution in [2.75, 3.05) is 31.1 Å². The van der Waals surface area contributed by atoms with Crippen LogP contribution in [0.15, 0.2) is 18.3 Å². The van der Waals surface area contributed by atoms with E-state index in [0.29, 0.717) is 30.9 Å². The largest absolute Gasteiger partial charge is 0.354 e. The lowest BCUT2D eigenvalue weighted by molar-refractivity contribution is 0.0760. The zero-order valence-corrected chi connectivity index (χ0v) is 16.5. The fourth-order valence-electron chi connectivity index (χ4n) is 3.81. The number of H-pyrrole nitrogens is 1. The highest BCUT2D eigenvalue weighted by Gasteiger charge is 2.28. The van der Waals surface area contributed by atoms with Crippen molar-refractivity contribution in [3.05, 3.63) is 40.8 Å². The van der Waals surface area contributed by atoms with Gasteiger partial charge in [0.1, 0.15) is 5.69 Å². The van der Waals surface area contributed by atoms with Gasteiger partial charge in [-0.1, -0.05) is 13.8 Å². The van der Waals surface area contributed by atoms with Crippen molar-refractivity contribution in [3.63, 3.8) is 0 Å². The van der Waals surface area contributed by atoms with E-state index in [-0.39, 0.29) is 17.6 Å². The summed E-state index contributed by atoms with van der Waals surface area (Å²) in [6.07, 6.45) is 2.52. The zero-order valence-electron chi connectivity index (χ0n) is 16.5. The van der Waals surface area contributed by atoms with Gasteiger partial charge >= 0.3 is 0 Å². The SMILES string of the molecule is CC(=O)c1c(C)[nH]c(C(=O)N2CCCN(c3cccnn3)CC2)c1C(C)C. The van der Waals surface area contributed by atoms with E-state index >= 15 is 0 Å². The van der Waals surface area contributed by atoms with E-state index in [1.54, 1.807) is 13.1 Å². The van der Waals surface area contributed by atoms with Crippen LogP contribution in [0.5, 0.6) is 0 Å². The summed E-state index contributed by atoms with van der Waals surface area (Å²) >= 11 is 0. The minimum Gasteiger partial charge on any atom is -0.354 e. The van der Waals surface area contributed by atoms with Crippen molar-refractivity contribution in [1.29, 1.82) is 0 Å². The Morgan fingerprint density at radius 3 is 2.59 bits per heavy atom. The predicted octanol–water partition coefficient (Wildman–Crippen LogP) is 2.79. The van der Waals surface area contributed by atoms with Gasteiger partial charge in [-0.3, -0.25) is 9.59 Å². The van der Waals surface area contributed by atoms with Gasteiger partial charge < -0.3 is 14.8 Å². The van der Waals surface area contributed by atoms with Crippen LogP contribution in [0.25, 0.3) is 0 Å². The molecule has 3 rings (SSSR count). The highest BCUT2D eigenvalue weighted by Crippen LogP contribution is 2.28. The number of aromatic nitrogens is 3. The molecule has 0 spiro atoms. The summed E-state index contributed by atoms with van der Waals surface area (Å²) in [5.41, 5.74) is 2.82. The third-order valence-corrected chi connectivity index (χ3v) is 5.03. The number of carbonyl (C=O) groups is 2. The molecule has 2 aromatic heterocycles. The summed E-state index contributed by atoms with van der Waals surface area (Å²) in [7, 11) is 0. The lowest BCUT2D eigenvalue weighted by Crippen LogP contribution is -2.36. The lowest BCUT2D eigenvalue weighted by atomic mass is 9.95. The number of carbonyl (C=O) groups excluding carboxylic acids is 2. The molecule has 0 aromatic carbocycles. The molecule has 1 fully saturated rings. The number of amides is 1. The molecule has 1 amide bonds. The van der Waals surface area contributed by atoms with Gasteiger partial charge in [-0.05, 0) is 43.9 Å². The van der Waals surface area contributed by atoms with Gasteiger partial charge in [-0.25, -0.2) is 0 Å². The van der Waals surface area contributed by atoms with Gasteiger partial charge in [-0.15, -0.1) is 5.10 Å². The number of ketones is 1. The smallest absolute Gasteiger partial charge is 0.270 e. The van der Waals surface area contributed by atoms with E-state index in [1.165, 1.54) is 0 Å². The Morgan fingerprint density at radius 1 is 1.19 bits per heavy atom. The Labute approximate surface area is 159 Å². The number of Topliss-reactive ketones (excluding diaryl/α,β-unsaturated/α-hetero) is 1. The number of aromatic amines is 1. The van der Waals surface area contributed by atoms with E-state index in [2.05, 4.69) is 20.1 Å². The molecular formula is C20H27N5O2. The molecule has 0 saturated carbocycles. The molecule has 1 aliphatic heterocycles. The number of nitrogens with one attached hydrogen (secondary N) is 1. The number of nitrogens with zero attached hydrogens (tertiary/aromatic N) is 4. The molecule has 0 bridgehead atoms. The molecular weight excluding hydrogens is 342 g/mol. The molecule has 1 aliphatic rings. The van der Waals surface area contributed by atoms with Crippen molar-refractivity contribution >= 4 is 17.5 Å². The third kappa shape index (κ3) is 3.86. The van der Waals surface area contributed by atoms with Gasteiger partial charge in [-0.2, -0.15) is 5.10 Å². The highest BCUT2D eigenvalue weighted by atomic mass is 16.2. The van der Waals surface area contributed by atoms with Crippen molar-refractivity contribution in [2.24, 2.45) is 0 Å². The first kappa shape index (κ1) is 19.1. The van der Waals surface area contributed by atoms with Crippen LogP contribution < -0.4 is 4.90 Å². The van der Waals surface area contributed by atoms with Gasteiger partial charge in [0.25, 0.3) is 5.91 Å². The molecule has 1 N–H and O–H groups in total. The normalized spacial score (nSPS) is 15.1. The van der Waals surface area contributed by atoms with Crippen LogP contribution >= 0.6 is 0 Å². The summed E-state index contributed by atoms with van der Waals surface area (Å²) in [5.74, 6) is 0.895. The second-order valence-corrected chi connectivity index (χ2v) is 7.34. The average molecular weight is 369 g/mol. The Morgan fingerprint density at radius 2 is 1.96 bits per heavy atom. The third-order valence-electron chi connectivity index (χ3n) is 5.03. The summed E-state index contributed by atoms with van der Waals surface area (Å²) in [4.78, 5) is 32.6. The monoisotopic (exact) mass is 369 g/mol. The predicted molar refractivity (Wildman–Crippen MR) is 104 cm³/mol. The van der Waals surface area contributed by atoms with E-state index in [9.17, 15) is 9.59 Å². The van der Waals surface area contributed by atoms with Gasteiger partial charge in [0, 0.05) is 43.6 Å². The second kappa shape index (κ2) is 7.90. The first-order chi connectivity index (χ1) is 12.9. The fraction of sp³-hybridized carbons (Fsp3) is 0.500. The summed E-state index contributed by atoms with van der Waals surface area (Å²) in [6, 6.07) is 3.81. The van der Waals surface area contributed by atoms with E-state index in [0.717, 1.165) is 30.0 Å². The van der Waals surface area contributed by atoms with Crippen molar-refractivity contribution in [2.45, 2.75) is 40.0 Å². The van der Waals surface area contributed by atoms with Crippen molar-refractivity contribution < 1.29 is 9.59 Å². The molecule has 2 aromatic rings. The van der Waals surface area contributed by atoms with Gasteiger partial charge in [0.15, 0.2) is 11.6 Å². The standard InChI is InChI=1S/C20H27N5O2/c1-13(2)17-18(15(4)26)14(3)22-19(17)20(27)25-10-6-9-24(11-12-25)16-7-5-8-21-23-16/h5,7-8,13,22H,6,9-12H2,1-4H3. The topological polar surface area (TPSA) is 82.2 Å². The van der Waals surface area contributed by atoms with E-state index in [4.69, 9.17) is 0 Å². The minimum absolute atomic E-state index is 0.00352. The number of hydrogen-bond donors (Lipinski definition) is 1. The van der Waals surface area contributed by atoms with Crippen LogP contribution in [0.4, 0.5) is 5.82 Å². The number of anilines is 1. The van der Waals surface area contributed by atoms with E-state index in [1.807, 2.05) is 37.8 Å². The maximum Gasteiger partial charge on any atom is 0.270 e. The van der Waals surface area contributed by atoms with Crippen LogP contribution in [0, 0.1) is 6.92 Å². The van der Waals surface area contributed by atoms with Crippen LogP contribution in [0.3, 0.4) is 0 Å². The molecule has 7 nitrogen and oxygen atoms in total. The first-order valence-electron chi connectivity index (χ1n) is 9.45. The number of aryl methyl sites for hydroxylation is 1. The first-order valence-corrected chi connectivity index (χ1v) is 9.45. The summed E-state index contributed by atoms with van der Waals surface area (Å²) < 4.78 is 0. The molecule has 0 radical (unpaired) electrons. The van der Waals surface area contributed by atoms with Crippen LogP contribution in [-0.4, -0.2) is 58.0 Å². The summed E-state index contributed by atoms with van der Waals surface area (Å²) in [5, 5.41) is 8.12. The maximum atomic E-state index is 13.2. The molecule has 3 heterocycles. The maximum absolute atomic E-state index is 13.2. The van der Waals surface area contributed by atoms with Crippen molar-refractivity contribution in [3.8, 4) is 0 Å². The number of hydrogen-bond acceptors (Lipinski definition) is 5. The molecule has 0 atom stereocenters. The minimum atomic E-state index is -0.0321. The molecule has 27 heavy (non-hydrogen) atoms. The molecule has 0 unspecified atom stereocenters. The highest BCUT2D eigenvalue weighted by molar-refractivity contribution is 6.03. The lowest BCUT2D eigenvalue weighted by Gasteiger charge is -2.23. The zero-order chi connectivity index (χ0) is 19.6. The Kier molecular flexibility index (Phi) is 5.58. The average Bonchev–Trinajstić information content (AvgIpc) is 2.83. The van der Waals surface area contributed by atoms with Crippen LogP contribution in [-0.2, 0) is 0 Å². The molecule has 1 saturated heterocycles. The Hall–Kier alpha value is -2.70. The molecule has 144 valence electrons. The Balaban J connectivity index is 1.82. The fourth-order valence-corrected chi connectivity index (χ4v) is 3.81. The summed E-state index contributed by atoms with van der Waals surface area (Å²) in [6.45, 7) is 10.3. The quantitative estimate of drug-likeness (QED) is 0.838. The van der Waals surface area contributed by atoms with Crippen LogP contribution in [0.1, 0.15) is 65.2 Å². The Bertz CT molecular complexity index is 828. The van der Waals surface area contributed by atoms with E-state index < -0.39 is 0 Å². The molecule has 7 heteroatoms. The van der Waals surface area contributed by atoms with Gasteiger partial charge in [0.05, 0.1) is 0 Å². The molecule has 0 aliphatic carbocycles.